The number of H-pyrrole nitrogens is 1. The lowest BCUT2D eigenvalue weighted by atomic mass is 10.1. The molecule has 1 aromatic heterocycles. The number of methoxy groups -OCH3 is 2. The summed E-state index contributed by atoms with van der Waals surface area (Å²) in [5.74, 6) is 1.49. The molecule has 0 fully saturated rings. The standard InChI is InChI=1S/C11H11BrN2O2/c1-15-8-3-9(12)11(10(4-8)16-2)7-5-13-14-6-7/h3-6H,1-2H3,(H,13,14). The minimum atomic E-state index is 0.743. The summed E-state index contributed by atoms with van der Waals surface area (Å²) in [7, 11) is 3.25. The number of aromatic nitrogens is 2. The molecule has 1 N–H and O–H groups in total. The van der Waals surface area contributed by atoms with Gasteiger partial charge in [-0.15, -0.1) is 0 Å². The summed E-state index contributed by atoms with van der Waals surface area (Å²) >= 11 is 3.50. The highest BCUT2D eigenvalue weighted by Crippen LogP contribution is 2.39. The van der Waals surface area contributed by atoms with Gasteiger partial charge in [-0.05, 0) is 22.0 Å². The molecule has 5 heteroatoms. The molecule has 0 bridgehead atoms. The van der Waals surface area contributed by atoms with Gasteiger partial charge < -0.3 is 9.47 Å². The van der Waals surface area contributed by atoms with Crippen molar-refractivity contribution in [3.8, 4) is 22.6 Å². The van der Waals surface area contributed by atoms with E-state index in [4.69, 9.17) is 9.47 Å². The molecule has 0 aliphatic rings. The Kier molecular flexibility index (Phi) is 3.14. The number of ether oxygens (including phenoxy) is 2. The highest BCUT2D eigenvalue weighted by atomic mass is 79.9. The SMILES string of the molecule is COc1cc(Br)c(-c2cn[nH]c2)c(OC)c1. The van der Waals surface area contributed by atoms with Crippen molar-refractivity contribution in [1.82, 2.24) is 10.2 Å². The lowest BCUT2D eigenvalue weighted by Gasteiger charge is -2.11. The van der Waals surface area contributed by atoms with E-state index >= 15 is 0 Å². The van der Waals surface area contributed by atoms with Crippen molar-refractivity contribution in [3.63, 3.8) is 0 Å². The van der Waals surface area contributed by atoms with Crippen LogP contribution in [0.25, 0.3) is 11.1 Å². The second-order valence-electron chi connectivity index (χ2n) is 3.17. The fourth-order valence-corrected chi connectivity index (χ4v) is 2.15. The molecule has 0 atom stereocenters. The van der Waals surface area contributed by atoms with E-state index in [0.29, 0.717) is 0 Å². The molecule has 0 aliphatic heterocycles. The zero-order valence-corrected chi connectivity index (χ0v) is 10.5. The summed E-state index contributed by atoms with van der Waals surface area (Å²) in [5.41, 5.74) is 1.92. The van der Waals surface area contributed by atoms with Crippen LogP contribution in [0.3, 0.4) is 0 Å². The van der Waals surface area contributed by atoms with Crippen molar-refractivity contribution in [3.05, 3.63) is 29.0 Å². The van der Waals surface area contributed by atoms with E-state index in [-0.39, 0.29) is 0 Å². The average molecular weight is 283 g/mol. The Hall–Kier alpha value is -1.49. The molecule has 0 radical (unpaired) electrons. The van der Waals surface area contributed by atoms with Crippen molar-refractivity contribution >= 4 is 15.9 Å². The number of benzene rings is 1. The molecule has 0 spiro atoms. The predicted molar refractivity (Wildman–Crippen MR) is 64.8 cm³/mol. The fourth-order valence-electron chi connectivity index (χ4n) is 1.50. The van der Waals surface area contributed by atoms with Crippen molar-refractivity contribution in [2.24, 2.45) is 0 Å². The monoisotopic (exact) mass is 282 g/mol. The quantitative estimate of drug-likeness (QED) is 0.942. The molecule has 0 saturated carbocycles. The molecule has 0 unspecified atom stereocenters. The number of aromatic amines is 1. The van der Waals surface area contributed by atoms with Gasteiger partial charge in [0.25, 0.3) is 0 Å². The van der Waals surface area contributed by atoms with E-state index in [1.807, 2.05) is 18.3 Å². The Morgan fingerprint density at radius 1 is 1.25 bits per heavy atom. The minimum Gasteiger partial charge on any atom is -0.497 e. The smallest absolute Gasteiger partial charge is 0.131 e. The summed E-state index contributed by atoms with van der Waals surface area (Å²) < 4.78 is 11.4. The Balaban J connectivity index is 2.60. The van der Waals surface area contributed by atoms with E-state index in [1.54, 1.807) is 20.4 Å². The van der Waals surface area contributed by atoms with Crippen molar-refractivity contribution < 1.29 is 9.47 Å². The number of nitrogens with zero attached hydrogens (tertiary/aromatic N) is 1. The van der Waals surface area contributed by atoms with E-state index in [2.05, 4.69) is 26.1 Å². The molecular weight excluding hydrogens is 272 g/mol. The molecule has 1 aromatic carbocycles. The van der Waals surface area contributed by atoms with Crippen LogP contribution in [0.2, 0.25) is 0 Å². The van der Waals surface area contributed by atoms with Gasteiger partial charge in [0.05, 0.1) is 20.4 Å². The number of nitrogens with one attached hydrogen (secondary N) is 1. The van der Waals surface area contributed by atoms with Gasteiger partial charge >= 0.3 is 0 Å². The van der Waals surface area contributed by atoms with E-state index in [1.165, 1.54) is 0 Å². The third-order valence-corrected chi connectivity index (χ3v) is 2.90. The zero-order chi connectivity index (χ0) is 11.5. The second kappa shape index (κ2) is 4.57. The lowest BCUT2D eigenvalue weighted by molar-refractivity contribution is 0.395. The molecular formula is C11H11BrN2O2. The Morgan fingerprint density at radius 3 is 2.62 bits per heavy atom. The van der Waals surface area contributed by atoms with Gasteiger partial charge in [-0.1, -0.05) is 0 Å². The lowest BCUT2D eigenvalue weighted by Crippen LogP contribution is -1.91. The predicted octanol–water partition coefficient (Wildman–Crippen LogP) is 2.86. The van der Waals surface area contributed by atoms with Gasteiger partial charge in [0, 0.05) is 27.9 Å². The summed E-state index contributed by atoms with van der Waals surface area (Å²) in [6, 6.07) is 3.73. The van der Waals surface area contributed by atoms with Gasteiger partial charge in [-0.3, -0.25) is 5.10 Å². The van der Waals surface area contributed by atoms with E-state index < -0.39 is 0 Å². The van der Waals surface area contributed by atoms with Crippen molar-refractivity contribution in [1.29, 1.82) is 0 Å². The molecule has 16 heavy (non-hydrogen) atoms. The van der Waals surface area contributed by atoms with Crippen LogP contribution in [-0.4, -0.2) is 24.4 Å². The molecule has 0 saturated heterocycles. The maximum atomic E-state index is 5.34. The second-order valence-corrected chi connectivity index (χ2v) is 4.03. The molecule has 84 valence electrons. The molecule has 1 heterocycles. The first kappa shape index (κ1) is 11.0. The van der Waals surface area contributed by atoms with Crippen molar-refractivity contribution in [2.75, 3.05) is 14.2 Å². The van der Waals surface area contributed by atoms with Gasteiger partial charge in [0.2, 0.25) is 0 Å². The van der Waals surface area contributed by atoms with Gasteiger partial charge in [-0.2, -0.15) is 5.10 Å². The third-order valence-electron chi connectivity index (χ3n) is 2.27. The number of halogens is 1. The zero-order valence-electron chi connectivity index (χ0n) is 8.95. The summed E-state index contributed by atoms with van der Waals surface area (Å²) in [6.07, 6.45) is 3.56. The van der Waals surface area contributed by atoms with Gasteiger partial charge in [0.1, 0.15) is 11.5 Å². The normalized spacial score (nSPS) is 10.2. The van der Waals surface area contributed by atoms with Crippen LogP contribution >= 0.6 is 15.9 Å². The first-order chi connectivity index (χ1) is 7.76. The third kappa shape index (κ3) is 1.90. The maximum absolute atomic E-state index is 5.34. The number of hydrogen-bond donors (Lipinski definition) is 1. The molecule has 4 nitrogen and oxygen atoms in total. The summed E-state index contributed by atoms with van der Waals surface area (Å²) in [4.78, 5) is 0. The minimum absolute atomic E-state index is 0.743. The molecule has 2 aromatic rings. The average Bonchev–Trinajstić information content (AvgIpc) is 2.81. The van der Waals surface area contributed by atoms with Crippen LogP contribution in [0.15, 0.2) is 29.0 Å². The number of hydrogen-bond acceptors (Lipinski definition) is 3. The van der Waals surface area contributed by atoms with Crippen LogP contribution in [0, 0.1) is 0 Å². The highest BCUT2D eigenvalue weighted by Gasteiger charge is 2.13. The first-order valence-electron chi connectivity index (χ1n) is 4.67. The highest BCUT2D eigenvalue weighted by molar-refractivity contribution is 9.10. The molecule has 0 aliphatic carbocycles. The molecule has 0 amide bonds. The van der Waals surface area contributed by atoms with Crippen LogP contribution in [0.5, 0.6) is 11.5 Å². The maximum Gasteiger partial charge on any atom is 0.131 e. The Labute approximate surface area is 102 Å². The van der Waals surface area contributed by atoms with E-state index in [0.717, 1.165) is 27.1 Å². The van der Waals surface area contributed by atoms with Crippen LogP contribution in [0.1, 0.15) is 0 Å². The summed E-state index contributed by atoms with van der Waals surface area (Å²) in [5, 5.41) is 6.70. The molecule has 2 rings (SSSR count). The Bertz CT molecular complexity index is 483. The van der Waals surface area contributed by atoms with Gasteiger partial charge in [0.15, 0.2) is 0 Å². The fraction of sp³-hybridized carbons (Fsp3) is 0.182. The summed E-state index contributed by atoms with van der Waals surface area (Å²) in [6.45, 7) is 0. The van der Waals surface area contributed by atoms with Crippen LogP contribution < -0.4 is 9.47 Å². The van der Waals surface area contributed by atoms with Crippen LogP contribution in [0.4, 0.5) is 0 Å². The Morgan fingerprint density at radius 2 is 2.06 bits per heavy atom. The first-order valence-corrected chi connectivity index (χ1v) is 5.46. The van der Waals surface area contributed by atoms with Crippen molar-refractivity contribution in [2.45, 2.75) is 0 Å². The largest absolute Gasteiger partial charge is 0.497 e. The number of rotatable bonds is 3. The van der Waals surface area contributed by atoms with Crippen LogP contribution in [-0.2, 0) is 0 Å². The van der Waals surface area contributed by atoms with Gasteiger partial charge in [-0.25, -0.2) is 0 Å². The topological polar surface area (TPSA) is 47.1 Å². The van der Waals surface area contributed by atoms with E-state index in [9.17, 15) is 0 Å².